The maximum absolute atomic E-state index is 5.28. The van der Waals surface area contributed by atoms with Gasteiger partial charge in [-0.2, -0.15) is 0 Å². The molecule has 0 saturated carbocycles. The van der Waals surface area contributed by atoms with Crippen LogP contribution in [-0.4, -0.2) is 9.97 Å². The molecule has 2 heterocycles. The predicted molar refractivity (Wildman–Crippen MR) is 73.6 cm³/mol. The van der Waals surface area contributed by atoms with E-state index in [1.165, 1.54) is 0 Å². The average Bonchev–Trinajstić information content (AvgIpc) is 2.71. The van der Waals surface area contributed by atoms with Gasteiger partial charge >= 0.3 is 0 Å². The van der Waals surface area contributed by atoms with Gasteiger partial charge in [-0.25, -0.2) is 4.98 Å². The Morgan fingerprint density at radius 3 is 2.88 bits per heavy atom. The van der Waals surface area contributed by atoms with Crippen LogP contribution in [0, 0.1) is 11.6 Å². The van der Waals surface area contributed by atoms with Crippen molar-refractivity contribution in [1.29, 1.82) is 0 Å². The van der Waals surface area contributed by atoms with E-state index in [9.17, 15) is 0 Å². The standard InChI is InChI=1S/C12H13BrN2OS/c1-3-4-9-10(13)12(17)15-11(14-9)8-5-6-16-7(8)2/h5-6H,3-4H2,1-2H3,(H,14,15,17). The van der Waals surface area contributed by atoms with Gasteiger partial charge in [-0.05, 0) is 35.3 Å². The molecule has 1 N–H and O–H groups in total. The third-order valence-electron chi connectivity index (χ3n) is 2.55. The number of hydrogen-bond donors (Lipinski definition) is 1. The lowest BCUT2D eigenvalue weighted by atomic mass is 10.2. The summed E-state index contributed by atoms with van der Waals surface area (Å²) in [7, 11) is 0. The molecular weight excluding hydrogens is 300 g/mol. The van der Waals surface area contributed by atoms with Gasteiger partial charge in [0.1, 0.15) is 16.2 Å². The number of furan rings is 1. The number of nitrogens with zero attached hydrogens (tertiary/aromatic N) is 1. The largest absolute Gasteiger partial charge is 0.469 e. The Balaban J connectivity index is 2.57. The Kier molecular flexibility index (Phi) is 3.79. The van der Waals surface area contributed by atoms with Gasteiger partial charge in [0.2, 0.25) is 0 Å². The van der Waals surface area contributed by atoms with Gasteiger partial charge in [-0.15, -0.1) is 0 Å². The van der Waals surface area contributed by atoms with Crippen LogP contribution < -0.4 is 0 Å². The highest BCUT2D eigenvalue weighted by molar-refractivity contribution is 9.10. The molecule has 3 nitrogen and oxygen atoms in total. The van der Waals surface area contributed by atoms with Crippen molar-refractivity contribution in [1.82, 2.24) is 9.97 Å². The van der Waals surface area contributed by atoms with Crippen molar-refractivity contribution in [3.05, 3.63) is 32.9 Å². The van der Waals surface area contributed by atoms with Crippen molar-refractivity contribution >= 4 is 28.1 Å². The Labute approximate surface area is 113 Å². The van der Waals surface area contributed by atoms with E-state index in [4.69, 9.17) is 16.6 Å². The first-order valence-electron chi connectivity index (χ1n) is 5.46. The number of H-pyrrole nitrogens is 1. The third kappa shape index (κ3) is 2.50. The molecular formula is C12H13BrN2OS. The molecule has 2 aromatic heterocycles. The number of aromatic amines is 1. The molecule has 5 heteroatoms. The van der Waals surface area contributed by atoms with Crippen molar-refractivity contribution < 1.29 is 4.42 Å². The first kappa shape index (κ1) is 12.5. The third-order valence-corrected chi connectivity index (χ3v) is 3.96. The minimum atomic E-state index is 0.586. The molecule has 17 heavy (non-hydrogen) atoms. The van der Waals surface area contributed by atoms with Crippen molar-refractivity contribution in [2.45, 2.75) is 26.7 Å². The molecule has 0 amide bonds. The van der Waals surface area contributed by atoms with E-state index in [1.807, 2.05) is 13.0 Å². The van der Waals surface area contributed by atoms with Crippen LogP contribution in [0.2, 0.25) is 0 Å². The summed E-state index contributed by atoms with van der Waals surface area (Å²) in [6.45, 7) is 4.04. The summed E-state index contributed by atoms with van der Waals surface area (Å²) in [5.41, 5.74) is 2.05. The highest BCUT2D eigenvalue weighted by Crippen LogP contribution is 2.24. The van der Waals surface area contributed by atoms with E-state index in [0.717, 1.165) is 40.2 Å². The molecule has 0 fully saturated rings. The Hall–Kier alpha value is -0.940. The van der Waals surface area contributed by atoms with Crippen LogP contribution in [0.25, 0.3) is 11.4 Å². The summed E-state index contributed by atoms with van der Waals surface area (Å²) in [6.07, 6.45) is 3.65. The molecule has 0 aliphatic carbocycles. The lowest BCUT2D eigenvalue weighted by molar-refractivity contribution is 0.535. The molecule has 0 aliphatic heterocycles. The number of aromatic nitrogens is 2. The van der Waals surface area contributed by atoms with Crippen LogP contribution in [0.5, 0.6) is 0 Å². The molecule has 0 bridgehead atoms. The fourth-order valence-electron chi connectivity index (χ4n) is 1.69. The molecule has 0 radical (unpaired) electrons. The summed E-state index contributed by atoms with van der Waals surface area (Å²) < 4.78 is 6.76. The van der Waals surface area contributed by atoms with Crippen molar-refractivity contribution in [3.8, 4) is 11.4 Å². The first-order valence-corrected chi connectivity index (χ1v) is 6.66. The average molecular weight is 313 g/mol. The van der Waals surface area contributed by atoms with E-state index in [1.54, 1.807) is 6.26 Å². The van der Waals surface area contributed by atoms with Crippen LogP contribution in [0.3, 0.4) is 0 Å². The Morgan fingerprint density at radius 1 is 1.53 bits per heavy atom. The second-order valence-electron chi connectivity index (χ2n) is 3.82. The van der Waals surface area contributed by atoms with Gasteiger partial charge in [-0.1, -0.05) is 25.6 Å². The van der Waals surface area contributed by atoms with Gasteiger partial charge in [-0.3, -0.25) is 0 Å². The summed E-state index contributed by atoms with van der Waals surface area (Å²) in [6, 6.07) is 1.90. The zero-order chi connectivity index (χ0) is 12.4. The minimum Gasteiger partial charge on any atom is -0.469 e. The molecule has 0 aliphatic rings. The molecule has 2 rings (SSSR count). The molecule has 0 atom stereocenters. The zero-order valence-electron chi connectivity index (χ0n) is 9.71. The predicted octanol–water partition coefficient (Wildman–Crippen LogP) is 4.42. The SMILES string of the molecule is CCCc1[nH]c(-c2ccoc2C)nc(=S)c1Br. The lowest BCUT2D eigenvalue weighted by Crippen LogP contribution is -1.98. The maximum atomic E-state index is 5.28. The number of nitrogens with one attached hydrogen (secondary N) is 1. The van der Waals surface area contributed by atoms with E-state index < -0.39 is 0 Å². The topological polar surface area (TPSA) is 41.8 Å². The van der Waals surface area contributed by atoms with Crippen LogP contribution >= 0.6 is 28.1 Å². The first-order chi connectivity index (χ1) is 8.13. The summed E-state index contributed by atoms with van der Waals surface area (Å²) in [5, 5.41) is 0. The molecule has 0 aromatic carbocycles. The van der Waals surface area contributed by atoms with E-state index in [2.05, 4.69) is 32.8 Å². The summed E-state index contributed by atoms with van der Waals surface area (Å²) in [5.74, 6) is 1.61. The number of hydrogen-bond acceptors (Lipinski definition) is 3. The zero-order valence-corrected chi connectivity index (χ0v) is 12.1. The molecule has 0 spiro atoms. The van der Waals surface area contributed by atoms with Gasteiger partial charge < -0.3 is 9.40 Å². The second-order valence-corrected chi connectivity index (χ2v) is 5.00. The van der Waals surface area contributed by atoms with Crippen molar-refractivity contribution in [2.75, 3.05) is 0 Å². The van der Waals surface area contributed by atoms with Gasteiger partial charge in [0.05, 0.1) is 16.3 Å². The van der Waals surface area contributed by atoms with Gasteiger partial charge in [0.25, 0.3) is 0 Å². The summed E-state index contributed by atoms with van der Waals surface area (Å²) >= 11 is 8.73. The minimum absolute atomic E-state index is 0.586. The molecule has 0 saturated heterocycles. The second kappa shape index (κ2) is 5.14. The van der Waals surface area contributed by atoms with Crippen LogP contribution in [-0.2, 0) is 6.42 Å². The van der Waals surface area contributed by atoms with Crippen molar-refractivity contribution in [3.63, 3.8) is 0 Å². The number of aryl methyl sites for hydroxylation is 2. The van der Waals surface area contributed by atoms with Gasteiger partial charge in [0.15, 0.2) is 0 Å². The van der Waals surface area contributed by atoms with Crippen LogP contribution in [0.15, 0.2) is 21.2 Å². The van der Waals surface area contributed by atoms with E-state index in [0.29, 0.717) is 4.64 Å². The van der Waals surface area contributed by atoms with Crippen LogP contribution in [0.1, 0.15) is 24.8 Å². The molecule has 90 valence electrons. The Morgan fingerprint density at radius 2 is 2.29 bits per heavy atom. The lowest BCUT2D eigenvalue weighted by Gasteiger charge is -2.07. The Bertz CT molecular complexity index is 588. The van der Waals surface area contributed by atoms with Gasteiger partial charge in [0, 0.05) is 5.69 Å². The quantitative estimate of drug-likeness (QED) is 0.853. The fraction of sp³-hybridized carbons (Fsp3) is 0.333. The fourth-order valence-corrected chi connectivity index (χ4v) is 2.29. The molecule has 2 aromatic rings. The maximum Gasteiger partial charge on any atom is 0.144 e. The normalized spacial score (nSPS) is 10.8. The van der Waals surface area contributed by atoms with Crippen LogP contribution in [0.4, 0.5) is 0 Å². The smallest absolute Gasteiger partial charge is 0.144 e. The number of halogens is 1. The highest BCUT2D eigenvalue weighted by Gasteiger charge is 2.10. The monoisotopic (exact) mass is 312 g/mol. The highest BCUT2D eigenvalue weighted by atomic mass is 79.9. The summed E-state index contributed by atoms with van der Waals surface area (Å²) in [4.78, 5) is 7.68. The number of rotatable bonds is 3. The van der Waals surface area contributed by atoms with E-state index in [-0.39, 0.29) is 0 Å². The van der Waals surface area contributed by atoms with Crippen molar-refractivity contribution in [2.24, 2.45) is 0 Å². The van der Waals surface area contributed by atoms with E-state index >= 15 is 0 Å². The molecule has 0 unspecified atom stereocenters.